The predicted molar refractivity (Wildman–Crippen MR) is 106 cm³/mol. The van der Waals surface area contributed by atoms with Gasteiger partial charge in [0.25, 0.3) is 0 Å². The number of nitrogens with two attached hydrogens (primary N) is 1. The van der Waals surface area contributed by atoms with E-state index >= 15 is 0 Å². The first kappa shape index (κ1) is 18.0. The summed E-state index contributed by atoms with van der Waals surface area (Å²) in [4.78, 5) is 17.1. The zero-order valence-electron chi connectivity index (χ0n) is 15.4. The largest absolute Gasteiger partial charge is 0.361 e. The van der Waals surface area contributed by atoms with E-state index in [1.54, 1.807) is 17.0 Å². The van der Waals surface area contributed by atoms with Crippen LogP contribution in [0.3, 0.4) is 0 Å². The van der Waals surface area contributed by atoms with Crippen LogP contribution in [0.4, 0.5) is 11.4 Å². The van der Waals surface area contributed by atoms with Gasteiger partial charge in [-0.1, -0.05) is 25.1 Å². The van der Waals surface area contributed by atoms with E-state index in [2.05, 4.69) is 24.0 Å². The third-order valence-corrected chi connectivity index (χ3v) is 6.40. The molecule has 2 atom stereocenters. The number of primary sulfonamides is 1. The van der Waals surface area contributed by atoms with Crippen LogP contribution in [0.25, 0.3) is 0 Å². The summed E-state index contributed by atoms with van der Waals surface area (Å²) >= 11 is 0. The van der Waals surface area contributed by atoms with E-state index in [1.165, 1.54) is 11.6 Å². The van der Waals surface area contributed by atoms with Crippen molar-refractivity contribution in [1.29, 1.82) is 0 Å². The highest BCUT2D eigenvalue weighted by atomic mass is 32.2. The minimum atomic E-state index is -3.75. The molecule has 0 radical (unpaired) electrons. The van der Waals surface area contributed by atoms with Crippen LogP contribution in [0.15, 0.2) is 47.4 Å². The summed E-state index contributed by atoms with van der Waals surface area (Å²) in [5.41, 5.74) is 4.02. The number of amides is 1. The molecule has 0 saturated heterocycles. The van der Waals surface area contributed by atoms with Crippen molar-refractivity contribution in [1.82, 2.24) is 0 Å². The molecule has 0 aromatic heterocycles. The van der Waals surface area contributed by atoms with Crippen molar-refractivity contribution in [2.75, 3.05) is 22.9 Å². The lowest BCUT2D eigenvalue weighted by Gasteiger charge is -2.27. The number of nitrogens with zero attached hydrogens (tertiary/aromatic N) is 2. The van der Waals surface area contributed by atoms with E-state index in [9.17, 15) is 13.2 Å². The number of fused-ring (bicyclic) bond motifs is 2. The topological polar surface area (TPSA) is 83.7 Å². The summed E-state index contributed by atoms with van der Waals surface area (Å²) < 4.78 is 23.2. The number of carbonyl (C=O) groups is 1. The highest BCUT2D eigenvalue weighted by molar-refractivity contribution is 7.89. The summed E-state index contributed by atoms with van der Waals surface area (Å²) in [5, 5.41) is 5.23. The quantitative estimate of drug-likeness (QED) is 0.878. The van der Waals surface area contributed by atoms with Gasteiger partial charge in [0, 0.05) is 29.9 Å². The molecule has 0 spiro atoms. The molecule has 0 bridgehead atoms. The number of sulfonamides is 1. The van der Waals surface area contributed by atoms with E-state index < -0.39 is 10.0 Å². The van der Waals surface area contributed by atoms with Crippen LogP contribution in [-0.2, 0) is 21.2 Å². The second kappa shape index (κ2) is 6.35. The van der Waals surface area contributed by atoms with Gasteiger partial charge in [-0.15, -0.1) is 0 Å². The fraction of sp³-hybridized carbons (Fsp3) is 0.350. The van der Waals surface area contributed by atoms with Crippen molar-refractivity contribution >= 4 is 27.3 Å². The Kier molecular flexibility index (Phi) is 4.24. The van der Waals surface area contributed by atoms with Crippen LogP contribution in [0.2, 0.25) is 0 Å². The first-order valence-electron chi connectivity index (χ1n) is 9.07. The molecule has 2 aliphatic heterocycles. The molecular weight excluding hydrogens is 362 g/mol. The van der Waals surface area contributed by atoms with Crippen LogP contribution >= 0.6 is 0 Å². The molecule has 4 rings (SSSR count). The zero-order valence-corrected chi connectivity index (χ0v) is 16.2. The molecule has 27 heavy (non-hydrogen) atoms. The SMILES string of the molecule is CC1CN(CC(=O)N2c3ccc(S(N)(=O)=O)cc3CC2C)c2ccccc21. The standard InChI is InChI=1S/C20H23N3O3S/c1-13-11-22(19-6-4-3-5-17(13)19)12-20(24)23-14(2)9-15-10-16(27(21,25)26)7-8-18(15)23/h3-8,10,13-14H,9,11-12H2,1-2H3,(H2,21,25,26). The molecule has 2 heterocycles. The number of anilines is 2. The number of carbonyl (C=O) groups excluding carboxylic acids is 1. The van der Waals surface area contributed by atoms with E-state index in [-0.39, 0.29) is 16.8 Å². The Morgan fingerprint density at radius 3 is 2.63 bits per heavy atom. The lowest BCUT2D eigenvalue weighted by molar-refractivity contribution is -0.117. The molecule has 0 aliphatic carbocycles. The highest BCUT2D eigenvalue weighted by Crippen LogP contribution is 2.37. The maximum Gasteiger partial charge on any atom is 0.246 e. The minimum absolute atomic E-state index is 0.0153. The smallest absolute Gasteiger partial charge is 0.246 e. The summed E-state index contributed by atoms with van der Waals surface area (Å²) in [7, 11) is -3.75. The fourth-order valence-corrected chi connectivity index (χ4v) is 4.84. The predicted octanol–water partition coefficient (Wildman–Crippen LogP) is 2.24. The lowest BCUT2D eigenvalue weighted by atomic mass is 10.0. The molecule has 2 N–H and O–H groups in total. The first-order valence-corrected chi connectivity index (χ1v) is 10.6. The Labute approximate surface area is 159 Å². The van der Waals surface area contributed by atoms with Crippen molar-refractivity contribution in [3.05, 3.63) is 53.6 Å². The van der Waals surface area contributed by atoms with Gasteiger partial charge in [-0.3, -0.25) is 4.79 Å². The van der Waals surface area contributed by atoms with Crippen LogP contribution < -0.4 is 14.9 Å². The number of hydrogen-bond acceptors (Lipinski definition) is 4. The second-order valence-electron chi connectivity index (χ2n) is 7.49. The molecule has 0 saturated carbocycles. The molecule has 0 fully saturated rings. The van der Waals surface area contributed by atoms with E-state index in [0.717, 1.165) is 23.5 Å². The Bertz CT molecular complexity index is 1020. The highest BCUT2D eigenvalue weighted by Gasteiger charge is 2.34. The normalized spacial score (nSPS) is 21.3. The van der Waals surface area contributed by atoms with Crippen molar-refractivity contribution in [2.45, 2.75) is 37.1 Å². The second-order valence-corrected chi connectivity index (χ2v) is 9.05. The summed E-state index contributed by atoms with van der Waals surface area (Å²) in [6, 6.07) is 12.9. The third-order valence-electron chi connectivity index (χ3n) is 5.49. The fourth-order valence-electron chi connectivity index (χ4n) is 4.27. The molecular formula is C20H23N3O3S. The van der Waals surface area contributed by atoms with Gasteiger partial charge in [0.15, 0.2) is 0 Å². The first-order chi connectivity index (χ1) is 12.8. The van der Waals surface area contributed by atoms with Gasteiger partial charge in [-0.25, -0.2) is 13.6 Å². The third kappa shape index (κ3) is 3.11. The lowest BCUT2D eigenvalue weighted by Crippen LogP contribution is -2.43. The average Bonchev–Trinajstić information content (AvgIpc) is 3.10. The maximum absolute atomic E-state index is 13.1. The van der Waals surface area contributed by atoms with Gasteiger partial charge in [0.05, 0.1) is 11.4 Å². The van der Waals surface area contributed by atoms with E-state index in [4.69, 9.17) is 5.14 Å². The van der Waals surface area contributed by atoms with E-state index in [1.807, 2.05) is 19.1 Å². The Balaban J connectivity index is 1.59. The van der Waals surface area contributed by atoms with Crippen LogP contribution in [0.5, 0.6) is 0 Å². The Hall–Kier alpha value is -2.38. The van der Waals surface area contributed by atoms with Crippen molar-refractivity contribution in [2.24, 2.45) is 5.14 Å². The molecule has 6 nitrogen and oxygen atoms in total. The van der Waals surface area contributed by atoms with Gasteiger partial charge in [0.1, 0.15) is 0 Å². The number of benzene rings is 2. The molecule has 2 aromatic carbocycles. The molecule has 7 heteroatoms. The average molecular weight is 385 g/mol. The van der Waals surface area contributed by atoms with Crippen LogP contribution in [-0.4, -0.2) is 33.5 Å². The van der Waals surface area contributed by atoms with Crippen LogP contribution in [0, 0.1) is 0 Å². The molecule has 142 valence electrons. The van der Waals surface area contributed by atoms with Gasteiger partial charge in [-0.05, 0) is 48.7 Å². The monoisotopic (exact) mass is 385 g/mol. The molecule has 2 unspecified atom stereocenters. The van der Waals surface area contributed by atoms with Gasteiger partial charge in [0.2, 0.25) is 15.9 Å². The van der Waals surface area contributed by atoms with Gasteiger partial charge < -0.3 is 9.80 Å². The molecule has 1 amide bonds. The van der Waals surface area contributed by atoms with Crippen LogP contribution in [0.1, 0.15) is 30.9 Å². The zero-order chi connectivity index (χ0) is 19.3. The summed E-state index contributed by atoms with van der Waals surface area (Å²) in [5.74, 6) is 0.420. The molecule has 2 aromatic rings. The maximum atomic E-state index is 13.1. The molecule has 2 aliphatic rings. The Morgan fingerprint density at radius 2 is 1.89 bits per heavy atom. The number of para-hydroxylation sites is 1. The summed E-state index contributed by atoms with van der Waals surface area (Å²) in [6.07, 6.45) is 0.622. The number of rotatable bonds is 3. The number of hydrogen-bond donors (Lipinski definition) is 1. The minimum Gasteiger partial charge on any atom is -0.361 e. The Morgan fingerprint density at radius 1 is 1.15 bits per heavy atom. The van der Waals surface area contributed by atoms with Crippen molar-refractivity contribution in [3.63, 3.8) is 0 Å². The van der Waals surface area contributed by atoms with E-state index in [0.29, 0.717) is 18.9 Å². The van der Waals surface area contributed by atoms with Gasteiger partial charge >= 0.3 is 0 Å². The summed E-state index contributed by atoms with van der Waals surface area (Å²) in [6.45, 7) is 5.29. The van der Waals surface area contributed by atoms with Crippen molar-refractivity contribution < 1.29 is 13.2 Å². The van der Waals surface area contributed by atoms with Gasteiger partial charge in [-0.2, -0.15) is 0 Å². The van der Waals surface area contributed by atoms with Crippen molar-refractivity contribution in [3.8, 4) is 0 Å².